The molecule has 0 aromatic carbocycles. The lowest BCUT2D eigenvalue weighted by Crippen LogP contribution is -2.24. The molecule has 0 saturated heterocycles. The van der Waals surface area contributed by atoms with Crippen molar-refractivity contribution in [3.05, 3.63) is 25.3 Å². The molecule has 0 aromatic heterocycles. The van der Waals surface area contributed by atoms with Crippen LogP contribution in [0, 0.1) is 0 Å². The molecule has 0 aliphatic carbocycles. The third kappa shape index (κ3) is 7.30. The van der Waals surface area contributed by atoms with Crippen LogP contribution in [0.25, 0.3) is 0 Å². The second-order valence-electron chi connectivity index (χ2n) is 2.34. The summed E-state index contributed by atoms with van der Waals surface area (Å²) in [6.07, 6.45) is 5.06. The van der Waals surface area contributed by atoms with Crippen molar-refractivity contribution in [3.8, 4) is 0 Å². The van der Waals surface area contributed by atoms with Crippen LogP contribution in [-0.4, -0.2) is 24.5 Å². The second kappa shape index (κ2) is 9.40. The number of nitrogens with zero attached hydrogens (tertiary/aromatic N) is 1. The monoisotopic (exact) mass is 156 g/mol. The molecule has 0 fully saturated rings. The lowest BCUT2D eigenvalue weighted by atomic mass is 10.4. The molecule has 0 rings (SSSR count). The first-order valence-electron chi connectivity index (χ1n) is 3.79. The third-order valence-electron chi connectivity index (χ3n) is 1.31. The molecule has 2 heteroatoms. The first-order chi connectivity index (χ1) is 4.85. The fourth-order valence-electron chi connectivity index (χ4n) is 0.938. The van der Waals surface area contributed by atoms with Gasteiger partial charge in [-0.2, -0.15) is 0 Å². The standard InChI is InChI=1S/C9H17N.H3N/c1-4-7-10(8-5-2)9-6-3;/h4-5H,1-2,6-9H2,3H3;1H3. The Hall–Kier alpha value is -0.600. The van der Waals surface area contributed by atoms with Crippen molar-refractivity contribution in [2.75, 3.05) is 19.6 Å². The van der Waals surface area contributed by atoms with Crippen molar-refractivity contribution in [3.63, 3.8) is 0 Å². The van der Waals surface area contributed by atoms with Crippen LogP contribution in [0.5, 0.6) is 0 Å². The van der Waals surface area contributed by atoms with Gasteiger partial charge in [-0.1, -0.05) is 19.1 Å². The van der Waals surface area contributed by atoms with Gasteiger partial charge < -0.3 is 6.15 Å². The number of hydrogen-bond donors (Lipinski definition) is 1. The van der Waals surface area contributed by atoms with E-state index in [4.69, 9.17) is 0 Å². The van der Waals surface area contributed by atoms with E-state index in [0.29, 0.717) is 0 Å². The van der Waals surface area contributed by atoms with E-state index in [-0.39, 0.29) is 6.15 Å². The van der Waals surface area contributed by atoms with Gasteiger partial charge in [0.25, 0.3) is 0 Å². The molecule has 0 heterocycles. The molecule has 0 unspecified atom stereocenters. The van der Waals surface area contributed by atoms with Crippen LogP contribution >= 0.6 is 0 Å². The zero-order valence-corrected chi connectivity index (χ0v) is 7.55. The lowest BCUT2D eigenvalue weighted by molar-refractivity contribution is 0.336. The van der Waals surface area contributed by atoms with Crippen molar-refractivity contribution < 1.29 is 0 Å². The van der Waals surface area contributed by atoms with E-state index >= 15 is 0 Å². The van der Waals surface area contributed by atoms with E-state index in [0.717, 1.165) is 19.6 Å². The van der Waals surface area contributed by atoms with Crippen LogP contribution in [0.1, 0.15) is 13.3 Å². The number of hydrogen-bond acceptors (Lipinski definition) is 2. The average molecular weight is 156 g/mol. The Kier molecular flexibility index (Phi) is 11.1. The summed E-state index contributed by atoms with van der Waals surface area (Å²) >= 11 is 0. The van der Waals surface area contributed by atoms with Crippen LogP contribution < -0.4 is 6.15 Å². The zero-order valence-electron chi connectivity index (χ0n) is 7.55. The fraction of sp³-hybridized carbons (Fsp3) is 0.556. The Morgan fingerprint density at radius 3 is 1.91 bits per heavy atom. The molecule has 0 radical (unpaired) electrons. The molecule has 0 aliphatic heterocycles. The molecule has 0 atom stereocenters. The maximum Gasteiger partial charge on any atom is 0.0163 e. The summed E-state index contributed by atoms with van der Waals surface area (Å²) in [5.41, 5.74) is 0. The Balaban J connectivity index is 0. The second-order valence-corrected chi connectivity index (χ2v) is 2.34. The molecule has 11 heavy (non-hydrogen) atoms. The molecule has 3 N–H and O–H groups in total. The SMILES string of the molecule is C=CCN(CC=C)CCC.N. The molecule has 0 amide bonds. The van der Waals surface area contributed by atoms with Gasteiger partial charge in [-0.05, 0) is 13.0 Å². The number of rotatable bonds is 6. The van der Waals surface area contributed by atoms with Gasteiger partial charge in [-0.3, -0.25) is 4.90 Å². The minimum absolute atomic E-state index is 0. The summed E-state index contributed by atoms with van der Waals surface area (Å²) in [6.45, 7) is 12.6. The minimum atomic E-state index is 0. The summed E-state index contributed by atoms with van der Waals surface area (Å²) < 4.78 is 0. The van der Waals surface area contributed by atoms with E-state index in [1.54, 1.807) is 0 Å². The normalized spacial score (nSPS) is 8.91. The van der Waals surface area contributed by atoms with E-state index in [1.165, 1.54) is 6.42 Å². The smallest absolute Gasteiger partial charge is 0.0163 e. The summed E-state index contributed by atoms with van der Waals surface area (Å²) in [5.74, 6) is 0. The summed E-state index contributed by atoms with van der Waals surface area (Å²) in [6, 6.07) is 0. The summed E-state index contributed by atoms with van der Waals surface area (Å²) in [7, 11) is 0. The van der Waals surface area contributed by atoms with Gasteiger partial charge in [0.15, 0.2) is 0 Å². The van der Waals surface area contributed by atoms with E-state index < -0.39 is 0 Å². The minimum Gasteiger partial charge on any atom is -0.344 e. The molecule has 0 spiro atoms. The molecule has 66 valence electrons. The van der Waals surface area contributed by atoms with Crippen LogP contribution in [0.3, 0.4) is 0 Å². The van der Waals surface area contributed by atoms with Gasteiger partial charge in [-0.15, -0.1) is 13.2 Å². The van der Waals surface area contributed by atoms with Crippen LogP contribution in [-0.2, 0) is 0 Å². The van der Waals surface area contributed by atoms with Crippen LogP contribution in [0.4, 0.5) is 0 Å². The zero-order chi connectivity index (χ0) is 7.82. The van der Waals surface area contributed by atoms with Crippen LogP contribution in [0.15, 0.2) is 25.3 Å². The van der Waals surface area contributed by atoms with Crippen molar-refractivity contribution in [1.29, 1.82) is 0 Å². The highest BCUT2D eigenvalue weighted by Gasteiger charge is 1.95. The summed E-state index contributed by atoms with van der Waals surface area (Å²) in [5, 5.41) is 0. The van der Waals surface area contributed by atoms with Gasteiger partial charge in [0.05, 0.1) is 0 Å². The highest BCUT2D eigenvalue weighted by molar-refractivity contribution is 4.79. The quantitative estimate of drug-likeness (QED) is 0.599. The fourth-order valence-corrected chi connectivity index (χ4v) is 0.938. The first-order valence-corrected chi connectivity index (χ1v) is 3.79. The van der Waals surface area contributed by atoms with E-state index in [1.807, 2.05) is 12.2 Å². The Morgan fingerprint density at radius 2 is 1.64 bits per heavy atom. The molecular formula is C9H20N2. The third-order valence-corrected chi connectivity index (χ3v) is 1.31. The Bertz CT molecular complexity index is 89.7. The molecule has 0 saturated carbocycles. The Morgan fingerprint density at radius 1 is 1.18 bits per heavy atom. The average Bonchev–Trinajstić information content (AvgIpc) is 1.90. The summed E-state index contributed by atoms with van der Waals surface area (Å²) in [4.78, 5) is 2.31. The molecule has 0 aliphatic rings. The highest BCUT2D eigenvalue weighted by atomic mass is 15.1. The van der Waals surface area contributed by atoms with Gasteiger partial charge in [0.1, 0.15) is 0 Å². The Labute approximate surface area is 70.2 Å². The van der Waals surface area contributed by atoms with Gasteiger partial charge >= 0.3 is 0 Å². The van der Waals surface area contributed by atoms with Crippen molar-refractivity contribution in [1.82, 2.24) is 11.1 Å². The first kappa shape index (κ1) is 13.0. The lowest BCUT2D eigenvalue weighted by Gasteiger charge is -2.16. The molecule has 0 aromatic rings. The van der Waals surface area contributed by atoms with E-state index in [9.17, 15) is 0 Å². The van der Waals surface area contributed by atoms with Gasteiger partial charge in [0, 0.05) is 13.1 Å². The molecule has 2 nitrogen and oxygen atoms in total. The maximum absolute atomic E-state index is 3.69. The predicted molar refractivity (Wildman–Crippen MR) is 52.1 cm³/mol. The van der Waals surface area contributed by atoms with Crippen LogP contribution in [0.2, 0.25) is 0 Å². The topological polar surface area (TPSA) is 38.2 Å². The van der Waals surface area contributed by atoms with Crippen molar-refractivity contribution >= 4 is 0 Å². The van der Waals surface area contributed by atoms with Gasteiger partial charge in [-0.25, -0.2) is 0 Å². The largest absolute Gasteiger partial charge is 0.344 e. The molecular weight excluding hydrogens is 136 g/mol. The highest BCUT2D eigenvalue weighted by Crippen LogP contribution is 1.90. The van der Waals surface area contributed by atoms with Crippen molar-refractivity contribution in [2.24, 2.45) is 0 Å². The maximum atomic E-state index is 3.69. The van der Waals surface area contributed by atoms with Gasteiger partial charge in [0.2, 0.25) is 0 Å². The molecule has 0 bridgehead atoms. The predicted octanol–water partition coefficient (Wildman–Crippen LogP) is 2.23. The van der Waals surface area contributed by atoms with E-state index in [2.05, 4.69) is 25.0 Å². The van der Waals surface area contributed by atoms with Crippen molar-refractivity contribution in [2.45, 2.75) is 13.3 Å².